The van der Waals surface area contributed by atoms with Crippen LogP contribution in [0.5, 0.6) is 0 Å². The number of hydrogen-bond acceptors (Lipinski definition) is 2. The first-order valence-corrected chi connectivity index (χ1v) is 4.29. The summed E-state index contributed by atoms with van der Waals surface area (Å²) in [6, 6.07) is 5.94. The molecule has 0 saturated carbocycles. The molecule has 0 radical (unpaired) electrons. The van der Waals surface area contributed by atoms with E-state index < -0.39 is 18.7 Å². The molecule has 1 aromatic carbocycles. The smallest absolute Gasteiger partial charge is 0.456 e. The van der Waals surface area contributed by atoms with Gasteiger partial charge in [-0.25, -0.2) is 4.79 Å². The molecular formula is C9H7ClF2O3. The maximum Gasteiger partial charge on any atom is 0.456 e. The van der Waals surface area contributed by atoms with E-state index in [1.807, 2.05) is 0 Å². The average molecular weight is 237 g/mol. The number of aliphatic carboxylic acids is 1. The first-order valence-electron chi connectivity index (χ1n) is 3.91. The molecule has 0 amide bonds. The highest BCUT2D eigenvalue weighted by Gasteiger charge is 2.40. The van der Waals surface area contributed by atoms with Gasteiger partial charge in [0.15, 0.2) is 0 Å². The Morgan fingerprint density at radius 1 is 1.40 bits per heavy atom. The van der Waals surface area contributed by atoms with Gasteiger partial charge in [0.2, 0.25) is 0 Å². The second kappa shape index (κ2) is 4.55. The lowest BCUT2D eigenvalue weighted by atomic mass is 10.2. The summed E-state index contributed by atoms with van der Waals surface area (Å²) in [6.45, 7) is -0.490. The molecule has 82 valence electrons. The Balaban J connectivity index is 2.57. The van der Waals surface area contributed by atoms with Crippen molar-refractivity contribution in [2.24, 2.45) is 0 Å². The van der Waals surface area contributed by atoms with Crippen molar-refractivity contribution in [3.8, 4) is 0 Å². The first kappa shape index (κ1) is 11.9. The second-order valence-corrected chi connectivity index (χ2v) is 3.17. The number of halogens is 3. The molecule has 0 bridgehead atoms. The molecule has 0 fully saturated rings. The molecule has 1 rings (SSSR count). The first-order chi connectivity index (χ1) is 6.92. The molecular weight excluding hydrogens is 230 g/mol. The van der Waals surface area contributed by atoms with Crippen LogP contribution in [0.15, 0.2) is 24.3 Å². The van der Waals surface area contributed by atoms with Crippen LogP contribution in [0.4, 0.5) is 8.78 Å². The van der Waals surface area contributed by atoms with Gasteiger partial charge in [-0.3, -0.25) is 0 Å². The molecule has 0 heterocycles. The lowest BCUT2D eigenvalue weighted by Gasteiger charge is -2.11. The lowest BCUT2D eigenvalue weighted by Crippen LogP contribution is -2.31. The van der Waals surface area contributed by atoms with Crippen LogP contribution < -0.4 is 0 Å². The van der Waals surface area contributed by atoms with Crippen molar-refractivity contribution >= 4 is 17.6 Å². The second-order valence-electron chi connectivity index (χ2n) is 2.74. The van der Waals surface area contributed by atoms with Crippen LogP contribution in [-0.2, 0) is 16.1 Å². The highest BCUT2D eigenvalue weighted by Crippen LogP contribution is 2.18. The van der Waals surface area contributed by atoms with Gasteiger partial charge in [0.05, 0.1) is 6.61 Å². The van der Waals surface area contributed by atoms with E-state index >= 15 is 0 Å². The molecule has 0 saturated heterocycles. The van der Waals surface area contributed by atoms with Crippen LogP contribution in [0.25, 0.3) is 0 Å². The monoisotopic (exact) mass is 236 g/mol. The molecule has 1 N–H and O–H groups in total. The highest BCUT2D eigenvalue weighted by atomic mass is 35.5. The molecule has 3 nitrogen and oxygen atoms in total. The number of ether oxygens (including phenoxy) is 1. The largest absolute Gasteiger partial charge is 0.475 e. The van der Waals surface area contributed by atoms with Crippen molar-refractivity contribution in [3.05, 3.63) is 34.9 Å². The van der Waals surface area contributed by atoms with Crippen LogP contribution >= 0.6 is 11.6 Å². The quantitative estimate of drug-likeness (QED) is 0.874. The Kier molecular flexibility index (Phi) is 3.60. The van der Waals surface area contributed by atoms with Gasteiger partial charge in [-0.2, -0.15) is 8.78 Å². The topological polar surface area (TPSA) is 46.5 Å². The van der Waals surface area contributed by atoms with Gasteiger partial charge in [-0.05, 0) is 17.7 Å². The molecule has 0 atom stereocenters. The van der Waals surface area contributed by atoms with Crippen LogP contribution in [0.1, 0.15) is 5.56 Å². The minimum atomic E-state index is -4.17. The third-order valence-electron chi connectivity index (χ3n) is 1.58. The van der Waals surface area contributed by atoms with Crippen LogP contribution in [-0.4, -0.2) is 17.2 Å². The van der Waals surface area contributed by atoms with Crippen molar-refractivity contribution in [1.29, 1.82) is 0 Å². The van der Waals surface area contributed by atoms with Crippen molar-refractivity contribution in [2.45, 2.75) is 12.7 Å². The minimum Gasteiger partial charge on any atom is -0.475 e. The summed E-state index contributed by atoms with van der Waals surface area (Å²) >= 11 is 5.57. The third-order valence-corrected chi connectivity index (χ3v) is 1.83. The SMILES string of the molecule is O=C(O)C(F)(F)OCc1ccc(Cl)cc1. The third kappa shape index (κ3) is 3.45. The summed E-state index contributed by atoms with van der Waals surface area (Å²) < 4.78 is 28.9. The summed E-state index contributed by atoms with van der Waals surface area (Å²) in [4.78, 5) is 10.0. The lowest BCUT2D eigenvalue weighted by molar-refractivity contribution is -0.250. The number of carboxylic acids is 1. The fourth-order valence-electron chi connectivity index (χ4n) is 0.816. The van der Waals surface area contributed by atoms with Crippen molar-refractivity contribution in [3.63, 3.8) is 0 Å². The fraction of sp³-hybridized carbons (Fsp3) is 0.222. The molecule has 6 heteroatoms. The maximum atomic E-state index is 12.5. The standard InChI is InChI=1S/C9H7ClF2O3/c10-7-3-1-6(2-4-7)5-15-9(11,12)8(13)14/h1-4H,5H2,(H,13,14). The van der Waals surface area contributed by atoms with Crippen molar-refractivity contribution in [2.75, 3.05) is 0 Å². The summed E-state index contributed by atoms with van der Waals surface area (Å²) in [6.07, 6.45) is -4.17. The van der Waals surface area contributed by atoms with Gasteiger partial charge in [-0.1, -0.05) is 23.7 Å². The summed E-state index contributed by atoms with van der Waals surface area (Å²) in [5.41, 5.74) is 0.417. The zero-order valence-electron chi connectivity index (χ0n) is 7.41. The molecule has 0 unspecified atom stereocenters. The molecule has 0 aliphatic carbocycles. The molecule has 0 aliphatic rings. The molecule has 1 aromatic rings. The van der Waals surface area contributed by atoms with Gasteiger partial charge >= 0.3 is 12.1 Å². The zero-order chi connectivity index (χ0) is 11.5. The van der Waals surface area contributed by atoms with Gasteiger partial charge in [-0.15, -0.1) is 0 Å². The van der Waals surface area contributed by atoms with E-state index in [1.165, 1.54) is 24.3 Å². The Morgan fingerprint density at radius 3 is 2.40 bits per heavy atom. The number of carboxylic acid groups (broad SMARTS) is 1. The minimum absolute atomic E-state index is 0.417. The van der Waals surface area contributed by atoms with Crippen LogP contribution in [0, 0.1) is 0 Å². The predicted molar refractivity (Wildman–Crippen MR) is 48.8 cm³/mol. The van der Waals surface area contributed by atoms with E-state index in [0.717, 1.165) is 0 Å². The van der Waals surface area contributed by atoms with E-state index in [0.29, 0.717) is 10.6 Å². The number of alkyl halides is 2. The maximum absolute atomic E-state index is 12.5. The number of rotatable bonds is 4. The van der Waals surface area contributed by atoms with Crippen LogP contribution in [0.2, 0.25) is 5.02 Å². The van der Waals surface area contributed by atoms with E-state index in [9.17, 15) is 13.6 Å². The predicted octanol–water partition coefficient (Wildman–Crippen LogP) is 2.53. The van der Waals surface area contributed by atoms with Crippen LogP contribution in [0.3, 0.4) is 0 Å². The summed E-state index contributed by atoms with van der Waals surface area (Å²) in [5, 5.41) is 8.53. The van der Waals surface area contributed by atoms with Gasteiger partial charge in [0.25, 0.3) is 0 Å². The Hall–Kier alpha value is -1.20. The number of carbonyl (C=O) groups is 1. The number of hydrogen-bond donors (Lipinski definition) is 1. The van der Waals surface area contributed by atoms with E-state index in [4.69, 9.17) is 16.7 Å². The van der Waals surface area contributed by atoms with Crippen molar-refractivity contribution in [1.82, 2.24) is 0 Å². The Labute approximate surface area is 89.2 Å². The zero-order valence-corrected chi connectivity index (χ0v) is 8.17. The fourth-order valence-corrected chi connectivity index (χ4v) is 0.942. The molecule has 0 aliphatic heterocycles. The highest BCUT2D eigenvalue weighted by molar-refractivity contribution is 6.30. The normalized spacial score (nSPS) is 11.4. The van der Waals surface area contributed by atoms with Crippen molar-refractivity contribution < 1.29 is 23.4 Å². The summed E-state index contributed by atoms with van der Waals surface area (Å²) in [7, 11) is 0. The Morgan fingerprint density at radius 2 is 1.93 bits per heavy atom. The number of benzene rings is 1. The molecule has 0 spiro atoms. The van der Waals surface area contributed by atoms with E-state index in [-0.39, 0.29) is 0 Å². The summed E-state index contributed by atoms with van der Waals surface area (Å²) in [5.74, 6) is -2.31. The Bertz CT molecular complexity index is 351. The van der Waals surface area contributed by atoms with Gasteiger partial charge in [0.1, 0.15) is 0 Å². The van der Waals surface area contributed by atoms with Gasteiger partial charge in [0, 0.05) is 5.02 Å². The molecule has 15 heavy (non-hydrogen) atoms. The van der Waals surface area contributed by atoms with E-state index in [1.54, 1.807) is 0 Å². The van der Waals surface area contributed by atoms with Gasteiger partial charge < -0.3 is 9.84 Å². The average Bonchev–Trinajstić information content (AvgIpc) is 2.17. The molecule has 0 aromatic heterocycles. The van der Waals surface area contributed by atoms with E-state index in [2.05, 4.69) is 4.74 Å².